The average molecular weight is 463 g/mol. The van der Waals surface area contributed by atoms with Crippen LogP contribution in [-0.4, -0.2) is 46.7 Å². The number of aromatic nitrogens is 3. The second kappa shape index (κ2) is 11.8. The molecule has 0 radical (unpaired) electrons. The molecular weight excluding hydrogens is 439 g/mol. The van der Waals surface area contributed by atoms with Crippen LogP contribution >= 0.6 is 23.4 Å². The SMILES string of the molecule is COCCCn1c(SCC(=O)NCCc2ccc(F)cc2)nnc1-c1ccccc1Cl. The van der Waals surface area contributed by atoms with Crippen LogP contribution in [0.5, 0.6) is 0 Å². The number of methoxy groups -OCH3 is 1. The lowest BCUT2D eigenvalue weighted by molar-refractivity contribution is -0.118. The molecule has 1 heterocycles. The standard InChI is InChI=1S/C22H24ClFN4O2S/c1-30-14-4-13-28-21(18-5-2-3-6-19(18)23)26-27-22(28)31-15-20(29)25-12-11-16-7-9-17(24)10-8-16/h2-3,5-10H,4,11-15H2,1H3,(H,25,29). The molecule has 3 aromatic rings. The van der Waals surface area contributed by atoms with E-state index in [1.165, 1.54) is 23.9 Å². The zero-order chi connectivity index (χ0) is 22.1. The summed E-state index contributed by atoms with van der Waals surface area (Å²) in [6, 6.07) is 13.7. The van der Waals surface area contributed by atoms with Crippen LogP contribution < -0.4 is 5.32 Å². The van der Waals surface area contributed by atoms with E-state index in [9.17, 15) is 9.18 Å². The molecule has 0 atom stereocenters. The van der Waals surface area contributed by atoms with Gasteiger partial charge in [-0.15, -0.1) is 10.2 Å². The molecule has 1 N–H and O–H groups in total. The maximum atomic E-state index is 13.0. The van der Waals surface area contributed by atoms with Crippen molar-refractivity contribution in [3.8, 4) is 11.4 Å². The Balaban J connectivity index is 1.60. The number of halogens is 2. The lowest BCUT2D eigenvalue weighted by Crippen LogP contribution is -2.27. The van der Waals surface area contributed by atoms with E-state index < -0.39 is 0 Å². The number of rotatable bonds is 11. The van der Waals surface area contributed by atoms with E-state index in [4.69, 9.17) is 16.3 Å². The first kappa shape index (κ1) is 23.2. The van der Waals surface area contributed by atoms with E-state index in [1.807, 2.05) is 28.8 Å². The number of nitrogens with one attached hydrogen (secondary N) is 1. The van der Waals surface area contributed by atoms with E-state index in [0.29, 0.717) is 42.1 Å². The number of ether oxygens (including phenoxy) is 1. The molecule has 0 bridgehead atoms. The van der Waals surface area contributed by atoms with Crippen LogP contribution in [0.3, 0.4) is 0 Å². The molecule has 164 valence electrons. The van der Waals surface area contributed by atoms with Crippen molar-refractivity contribution in [3.05, 3.63) is 64.9 Å². The molecule has 0 aliphatic carbocycles. The lowest BCUT2D eigenvalue weighted by atomic mass is 10.1. The van der Waals surface area contributed by atoms with Gasteiger partial charge in [0.1, 0.15) is 5.82 Å². The molecule has 31 heavy (non-hydrogen) atoms. The zero-order valence-corrected chi connectivity index (χ0v) is 18.8. The van der Waals surface area contributed by atoms with Gasteiger partial charge in [-0.3, -0.25) is 4.79 Å². The monoisotopic (exact) mass is 462 g/mol. The Kier molecular flexibility index (Phi) is 8.87. The summed E-state index contributed by atoms with van der Waals surface area (Å²) in [4.78, 5) is 12.3. The molecular formula is C22H24ClFN4O2S. The van der Waals surface area contributed by atoms with E-state index >= 15 is 0 Å². The van der Waals surface area contributed by atoms with Crippen LogP contribution in [0.4, 0.5) is 4.39 Å². The Bertz CT molecular complexity index is 997. The van der Waals surface area contributed by atoms with Crippen LogP contribution in [0.25, 0.3) is 11.4 Å². The summed E-state index contributed by atoms with van der Waals surface area (Å²) in [5.41, 5.74) is 1.77. The highest BCUT2D eigenvalue weighted by Crippen LogP contribution is 2.29. The summed E-state index contributed by atoms with van der Waals surface area (Å²) in [5, 5.41) is 12.7. The minimum atomic E-state index is -0.269. The first-order valence-electron chi connectivity index (χ1n) is 9.89. The van der Waals surface area contributed by atoms with Gasteiger partial charge < -0.3 is 14.6 Å². The van der Waals surface area contributed by atoms with Gasteiger partial charge in [-0.2, -0.15) is 0 Å². The van der Waals surface area contributed by atoms with Crippen molar-refractivity contribution in [3.63, 3.8) is 0 Å². The van der Waals surface area contributed by atoms with E-state index in [-0.39, 0.29) is 17.5 Å². The molecule has 0 saturated carbocycles. The normalized spacial score (nSPS) is 10.9. The maximum Gasteiger partial charge on any atom is 0.230 e. The highest BCUT2D eigenvalue weighted by Gasteiger charge is 2.17. The number of benzene rings is 2. The number of amides is 1. The lowest BCUT2D eigenvalue weighted by Gasteiger charge is -2.11. The van der Waals surface area contributed by atoms with Gasteiger partial charge in [0.25, 0.3) is 0 Å². The Morgan fingerprint density at radius 2 is 1.97 bits per heavy atom. The fourth-order valence-electron chi connectivity index (χ4n) is 2.98. The van der Waals surface area contributed by atoms with E-state index in [2.05, 4.69) is 15.5 Å². The van der Waals surface area contributed by atoms with Crippen molar-refractivity contribution >= 4 is 29.3 Å². The van der Waals surface area contributed by atoms with Crippen molar-refractivity contribution in [1.29, 1.82) is 0 Å². The van der Waals surface area contributed by atoms with Crippen molar-refractivity contribution in [2.24, 2.45) is 0 Å². The molecule has 0 aliphatic rings. The number of thioether (sulfide) groups is 1. The van der Waals surface area contributed by atoms with E-state index in [0.717, 1.165) is 17.5 Å². The van der Waals surface area contributed by atoms with Gasteiger partial charge in [0.15, 0.2) is 11.0 Å². The zero-order valence-electron chi connectivity index (χ0n) is 17.2. The van der Waals surface area contributed by atoms with Gasteiger partial charge >= 0.3 is 0 Å². The van der Waals surface area contributed by atoms with Crippen molar-refractivity contribution in [1.82, 2.24) is 20.1 Å². The molecule has 0 fully saturated rings. The summed E-state index contributed by atoms with van der Waals surface area (Å²) in [5.74, 6) is 0.516. The van der Waals surface area contributed by atoms with Crippen LogP contribution in [0, 0.1) is 5.82 Å². The third-order valence-corrected chi connectivity index (χ3v) is 5.84. The smallest absolute Gasteiger partial charge is 0.230 e. The van der Waals surface area contributed by atoms with Gasteiger partial charge in [-0.25, -0.2) is 4.39 Å². The van der Waals surface area contributed by atoms with Gasteiger partial charge in [-0.1, -0.05) is 47.6 Å². The summed E-state index contributed by atoms with van der Waals surface area (Å²) in [7, 11) is 1.66. The fourth-order valence-corrected chi connectivity index (χ4v) is 4.00. The molecule has 0 saturated heterocycles. The van der Waals surface area contributed by atoms with Gasteiger partial charge in [0.05, 0.1) is 10.8 Å². The Labute approximate surface area is 190 Å². The van der Waals surface area contributed by atoms with Crippen LogP contribution in [0.2, 0.25) is 5.02 Å². The van der Waals surface area contributed by atoms with E-state index in [1.54, 1.807) is 19.2 Å². The third-order valence-electron chi connectivity index (χ3n) is 4.54. The van der Waals surface area contributed by atoms with Crippen molar-refractivity contribution in [2.75, 3.05) is 26.0 Å². The fraction of sp³-hybridized carbons (Fsp3) is 0.318. The summed E-state index contributed by atoms with van der Waals surface area (Å²) < 4.78 is 20.1. The Morgan fingerprint density at radius 1 is 1.19 bits per heavy atom. The molecule has 6 nitrogen and oxygen atoms in total. The number of carbonyl (C=O) groups is 1. The molecule has 9 heteroatoms. The number of carbonyl (C=O) groups excluding carboxylic acids is 1. The Morgan fingerprint density at radius 3 is 2.71 bits per heavy atom. The molecule has 1 aromatic heterocycles. The predicted octanol–water partition coefficient (Wildman–Crippen LogP) is 4.23. The highest BCUT2D eigenvalue weighted by molar-refractivity contribution is 7.99. The number of hydrogen-bond acceptors (Lipinski definition) is 5. The topological polar surface area (TPSA) is 69.0 Å². The molecule has 0 unspecified atom stereocenters. The molecule has 1 amide bonds. The van der Waals surface area contributed by atoms with Crippen LogP contribution in [0.1, 0.15) is 12.0 Å². The third kappa shape index (κ3) is 6.78. The minimum Gasteiger partial charge on any atom is -0.385 e. The first-order chi connectivity index (χ1) is 15.1. The molecule has 0 aliphatic heterocycles. The second-order valence-electron chi connectivity index (χ2n) is 6.80. The summed E-state index contributed by atoms with van der Waals surface area (Å²) in [6.07, 6.45) is 1.42. The molecule has 0 spiro atoms. The number of hydrogen-bond donors (Lipinski definition) is 1. The summed E-state index contributed by atoms with van der Waals surface area (Å²) in [6.45, 7) is 1.74. The van der Waals surface area contributed by atoms with Gasteiger partial charge in [-0.05, 0) is 42.7 Å². The largest absolute Gasteiger partial charge is 0.385 e. The predicted molar refractivity (Wildman–Crippen MR) is 121 cm³/mol. The molecule has 3 rings (SSSR count). The van der Waals surface area contributed by atoms with Crippen LogP contribution in [0.15, 0.2) is 53.7 Å². The van der Waals surface area contributed by atoms with Gasteiger partial charge in [0, 0.05) is 32.4 Å². The average Bonchev–Trinajstić information content (AvgIpc) is 3.17. The first-order valence-corrected chi connectivity index (χ1v) is 11.3. The quantitative estimate of drug-likeness (QED) is 0.341. The van der Waals surface area contributed by atoms with Crippen molar-refractivity contribution in [2.45, 2.75) is 24.5 Å². The Hall–Kier alpha value is -2.42. The molecule has 2 aromatic carbocycles. The highest BCUT2D eigenvalue weighted by atomic mass is 35.5. The van der Waals surface area contributed by atoms with Crippen LogP contribution in [-0.2, 0) is 22.5 Å². The number of nitrogens with zero attached hydrogens (tertiary/aromatic N) is 3. The van der Waals surface area contributed by atoms with Crippen molar-refractivity contribution < 1.29 is 13.9 Å². The van der Waals surface area contributed by atoms with Gasteiger partial charge in [0.2, 0.25) is 5.91 Å². The minimum absolute atomic E-state index is 0.0992. The second-order valence-corrected chi connectivity index (χ2v) is 8.15. The summed E-state index contributed by atoms with van der Waals surface area (Å²) >= 11 is 7.67. The maximum absolute atomic E-state index is 13.0.